The van der Waals surface area contributed by atoms with Crippen molar-refractivity contribution >= 4 is 11.6 Å². The summed E-state index contributed by atoms with van der Waals surface area (Å²) in [6.07, 6.45) is 0. The van der Waals surface area contributed by atoms with Crippen molar-refractivity contribution < 1.29 is 32.5 Å². The van der Waals surface area contributed by atoms with E-state index in [4.69, 9.17) is 14.2 Å². The third kappa shape index (κ3) is 5.22. The van der Waals surface area contributed by atoms with Crippen molar-refractivity contribution in [3.05, 3.63) is 66.2 Å². The maximum atomic E-state index is 12.9. The van der Waals surface area contributed by atoms with Crippen LogP contribution in [0.3, 0.4) is 0 Å². The monoisotopic (exact) mass is 429 g/mol. The Hall–Kier alpha value is -3.81. The predicted molar refractivity (Wildman–Crippen MR) is 113 cm³/mol. The van der Waals surface area contributed by atoms with Crippen molar-refractivity contribution in [1.29, 1.82) is 0 Å². The predicted octanol–water partition coefficient (Wildman–Crippen LogP) is 5.23. The molecule has 0 heterocycles. The molecule has 0 fully saturated rings. The van der Waals surface area contributed by atoms with Gasteiger partial charge in [0.05, 0.1) is 21.3 Å². The average molecular weight is 429 g/mol. The Bertz CT molecular complexity index is 1050. The van der Waals surface area contributed by atoms with Crippen LogP contribution in [-0.2, 0) is 0 Å². The minimum absolute atomic E-state index is 0.00992. The van der Waals surface area contributed by atoms with E-state index in [1.165, 1.54) is 33.5 Å². The van der Waals surface area contributed by atoms with Crippen LogP contribution in [0.15, 0.2) is 60.7 Å². The van der Waals surface area contributed by atoms with Crippen molar-refractivity contribution in [2.75, 3.05) is 26.6 Å². The lowest BCUT2D eigenvalue weighted by molar-refractivity contribution is -0.0494. The number of carbonyl (C=O) groups excluding carboxylic acids is 1. The second kappa shape index (κ2) is 9.80. The number of ether oxygens (including phenoxy) is 4. The Morgan fingerprint density at radius 3 is 2.10 bits per heavy atom. The molecule has 3 rings (SSSR count). The van der Waals surface area contributed by atoms with E-state index >= 15 is 0 Å². The first-order chi connectivity index (χ1) is 14.9. The fourth-order valence-electron chi connectivity index (χ4n) is 2.98. The average Bonchev–Trinajstić information content (AvgIpc) is 2.79. The Kier molecular flexibility index (Phi) is 6.92. The maximum Gasteiger partial charge on any atom is 0.387 e. The molecular weight excluding hydrogens is 408 g/mol. The van der Waals surface area contributed by atoms with E-state index in [-0.39, 0.29) is 5.75 Å². The smallest absolute Gasteiger partial charge is 0.387 e. The lowest BCUT2D eigenvalue weighted by Gasteiger charge is -2.14. The summed E-state index contributed by atoms with van der Waals surface area (Å²) in [6, 6.07) is 16.0. The van der Waals surface area contributed by atoms with Gasteiger partial charge in [-0.25, -0.2) is 0 Å². The van der Waals surface area contributed by atoms with Crippen molar-refractivity contribution in [2.45, 2.75) is 6.61 Å². The third-order valence-corrected chi connectivity index (χ3v) is 4.50. The van der Waals surface area contributed by atoms with Crippen LogP contribution < -0.4 is 24.3 Å². The van der Waals surface area contributed by atoms with Gasteiger partial charge in [0.15, 0.2) is 11.5 Å². The summed E-state index contributed by atoms with van der Waals surface area (Å²) in [5.41, 5.74) is 1.77. The van der Waals surface area contributed by atoms with E-state index < -0.39 is 12.5 Å². The molecule has 1 amide bonds. The molecule has 0 unspecified atom stereocenters. The second-order valence-corrected chi connectivity index (χ2v) is 6.34. The van der Waals surface area contributed by atoms with E-state index in [0.29, 0.717) is 39.6 Å². The number of rotatable bonds is 8. The van der Waals surface area contributed by atoms with E-state index in [0.717, 1.165) is 0 Å². The zero-order valence-corrected chi connectivity index (χ0v) is 17.1. The molecule has 0 aliphatic rings. The molecule has 3 aromatic rings. The number of methoxy groups -OCH3 is 3. The summed E-state index contributed by atoms with van der Waals surface area (Å²) in [6.45, 7) is -2.98. The number of nitrogens with one attached hydrogen (secondary N) is 1. The lowest BCUT2D eigenvalue weighted by Crippen LogP contribution is -2.12. The third-order valence-electron chi connectivity index (χ3n) is 4.50. The standard InChI is InChI=1S/C23H21F2NO5/c1-28-17-8-4-14(5-9-17)18-13-16(7-11-19(18)31-23(24)25)26-22(27)15-6-10-20(29-2)21(12-15)30-3/h4-13,23H,1-3H3,(H,26,27). The summed E-state index contributed by atoms with van der Waals surface area (Å²) < 4.78 is 45.9. The molecule has 3 aromatic carbocycles. The van der Waals surface area contributed by atoms with E-state index in [1.54, 1.807) is 48.5 Å². The molecule has 0 saturated carbocycles. The van der Waals surface area contributed by atoms with E-state index in [9.17, 15) is 13.6 Å². The number of benzene rings is 3. The lowest BCUT2D eigenvalue weighted by atomic mass is 10.0. The molecule has 0 atom stereocenters. The van der Waals surface area contributed by atoms with Gasteiger partial charge >= 0.3 is 6.61 Å². The molecular formula is C23H21F2NO5. The van der Waals surface area contributed by atoms with E-state index in [2.05, 4.69) is 10.1 Å². The fraction of sp³-hybridized carbons (Fsp3) is 0.174. The van der Waals surface area contributed by atoms with Crippen LogP contribution >= 0.6 is 0 Å². The minimum atomic E-state index is -2.98. The normalized spacial score (nSPS) is 10.5. The molecule has 8 heteroatoms. The Balaban J connectivity index is 1.91. The Morgan fingerprint density at radius 2 is 1.48 bits per heavy atom. The summed E-state index contributed by atoms with van der Waals surface area (Å²) >= 11 is 0. The van der Waals surface area contributed by atoms with Gasteiger partial charge < -0.3 is 24.3 Å². The number of hydrogen-bond acceptors (Lipinski definition) is 5. The zero-order chi connectivity index (χ0) is 22.4. The van der Waals surface area contributed by atoms with Gasteiger partial charge in [-0.3, -0.25) is 4.79 Å². The quantitative estimate of drug-likeness (QED) is 0.531. The molecule has 162 valence electrons. The molecule has 1 N–H and O–H groups in total. The van der Waals surface area contributed by atoms with Crippen molar-refractivity contribution in [1.82, 2.24) is 0 Å². The number of halogens is 2. The highest BCUT2D eigenvalue weighted by Gasteiger charge is 2.15. The van der Waals surface area contributed by atoms with Crippen molar-refractivity contribution in [3.63, 3.8) is 0 Å². The molecule has 0 aliphatic heterocycles. The number of carbonyl (C=O) groups is 1. The first kappa shape index (κ1) is 21.9. The Morgan fingerprint density at radius 1 is 0.806 bits per heavy atom. The molecule has 0 radical (unpaired) electrons. The van der Waals surface area contributed by atoms with Gasteiger partial charge in [-0.05, 0) is 54.1 Å². The van der Waals surface area contributed by atoms with Gasteiger partial charge in [0.25, 0.3) is 5.91 Å². The van der Waals surface area contributed by atoms with Gasteiger partial charge in [-0.2, -0.15) is 8.78 Å². The molecule has 31 heavy (non-hydrogen) atoms. The zero-order valence-electron chi connectivity index (χ0n) is 17.1. The van der Waals surface area contributed by atoms with Crippen LogP contribution in [0, 0.1) is 0 Å². The van der Waals surface area contributed by atoms with Crippen LogP contribution in [0.2, 0.25) is 0 Å². The first-order valence-corrected chi connectivity index (χ1v) is 9.21. The maximum absolute atomic E-state index is 12.9. The van der Waals surface area contributed by atoms with Crippen molar-refractivity contribution in [2.24, 2.45) is 0 Å². The first-order valence-electron chi connectivity index (χ1n) is 9.21. The van der Waals surface area contributed by atoms with Crippen LogP contribution in [0.1, 0.15) is 10.4 Å². The highest BCUT2D eigenvalue weighted by atomic mass is 19.3. The van der Waals surface area contributed by atoms with Gasteiger partial charge in [0, 0.05) is 16.8 Å². The molecule has 0 bridgehead atoms. The summed E-state index contributed by atoms with van der Waals surface area (Å²) in [5.74, 6) is 1.12. The number of hydrogen-bond donors (Lipinski definition) is 1. The summed E-state index contributed by atoms with van der Waals surface area (Å²) in [5, 5.41) is 2.76. The Labute approximate surface area is 178 Å². The van der Waals surface area contributed by atoms with Crippen LogP contribution in [0.25, 0.3) is 11.1 Å². The topological polar surface area (TPSA) is 66.0 Å². The SMILES string of the molecule is COc1ccc(-c2cc(NC(=O)c3ccc(OC)c(OC)c3)ccc2OC(F)F)cc1. The molecule has 0 spiro atoms. The highest BCUT2D eigenvalue weighted by Crippen LogP contribution is 2.35. The van der Waals surface area contributed by atoms with Crippen molar-refractivity contribution in [3.8, 4) is 34.1 Å². The summed E-state index contributed by atoms with van der Waals surface area (Å²) in [7, 11) is 4.51. The molecule has 6 nitrogen and oxygen atoms in total. The number of amides is 1. The van der Waals surface area contributed by atoms with Crippen LogP contribution in [-0.4, -0.2) is 33.8 Å². The van der Waals surface area contributed by atoms with Gasteiger partial charge in [0.2, 0.25) is 0 Å². The largest absolute Gasteiger partial charge is 0.497 e. The fourth-order valence-corrected chi connectivity index (χ4v) is 2.98. The molecule has 0 saturated heterocycles. The van der Waals surface area contributed by atoms with Gasteiger partial charge in [0.1, 0.15) is 11.5 Å². The highest BCUT2D eigenvalue weighted by molar-refractivity contribution is 6.05. The van der Waals surface area contributed by atoms with Crippen LogP contribution in [0.5, 0.6) is 23.0 Å². The van der Waals surface area contributed by atoms with Gasteiger partial charge in [-0.15, -0.1) is 0 Å². The number of anilines is 1. The van der Waals surface area contributed by atoms with Crippen LogP contribution in [0.4, 0.5) is 14.5 Å². The van der Waals surface area contributed by atoms with Gasteiger partial charge in [-0.1, -0.05) is 12.1 Å². The molecule has 0 aromatic heterocycles. The minimum Gasteiger partial charge on any atom is -0.497 e. The number of alkyl halides is 2. The van der Waals surface area contributed by atoms with E-state index in [1.807, 2.05) is 0 Å². The molecule has 0 aliphatic carbocycles. The summed E-state index contributed by atoms with van der Waals surface area (Å²) in [4.78, 5) is 12.7. The second-order valence-electron chi connectivity index (χ2n) is 6.34.